The Kier molecular flexibility index (Phi) is 5.61. The fourth-order valence-electron chi connectivity index (χ4n) is 2.08. The Balaban J connectivity index is 2.72. The average Bonchev–Trinajstić information content (AvgIpc) is 2.35. The molecule has 0 heterocycles. The van der Waals surface area contributed by atoms with E-state index in [-0.39, 0.29) is 0 Å². The Morgan fingerprint density at radius 3 is 2.32 bits per heavy atom. The second kappa shape index (κ2) is 6.98. The second-order valence-electron chi connectivity index (χ2n) is 5.35. The summed E-state index contributed by atoms with van der Waals surface area (Å²) in [6.07, 6.45) is 3.90. The quantitative estimate of drug-likeness (QED) is 0.794. The summed E-state index contributed by atoms with van der Waals surface area (Å²) in [4.78, 5) is 12.7. The van der Waals surface area contributed by atoms with Crippen molar-refractivity contribution in [3.05, 3.63) is 35.9 Å². The molecule has 3 heteroatoms. The van der Waals surface area contributed by atoms with E-state index >= 15 is 0 Å². The van der Waals surface area contributed by atoms with Crippen LogP contribution < -0.4 is 4.90 Å². The summed E-state index contributed by atoms with van der Waals surface area (Å²) in [5.74, 6) is -0.248. The van der Waals surface area contributed by atoms with Gasteiger partial charge in [0.25, 0.3) is 0 Å². The number of anilines is 1. The average molecular weight is 261 g/mol. The van der Waals surface area contributed by atoms with Gasteiger partial charge in [-0.2, -0.15) is 0 Å². The first kappa shape index (κ1) is 15.3. The van der Waals surface area contributed by atoms with Crippen LogP contribution in [-0.4, -0.2) is 24.2 Å². The van der Waals surface area contributed by atoms with Gasteiger partial charge >= 0.3 is 5.97 Å². The summed E-state index contributed by atoms with van der Waals surface area (Å²) in [7, 11) is 2.09. The van der Waals surface area contributed by atoms with E-state index in [9.17, 15) is 4.79 Å². The summed E-state index contributed by atoms with van der Waals surface area (Å²) in [6.45, 7) is 6.67. The first-order valence-corrected chi connectivity index (χ1v) is 6.64. The van der Waals surface area contributed by atoms with E-state index in [1.165, 1.54) is 0 Å². The minimum atomic E-state index is -0.924. The van der Waals surface area contributed by atoms with Crippen molar-refractivity contribution in [2.24, 2.45) is 5.92 Å². The topological polar surface area (TPSA) is 40.5 Å². The zero-order chi connectivity index (χ0) is 14.4. The third-order valence-electron chi connectivity index (χ3n) is 3.19. The molecule has 1 aromatic rings. The number of carboxylic acids is 1. The van der Waals surface area contributed by atoms with E-state index in [2.05, 4.69) is 32.7 Å². The van der Waals surface area contributed by atoms with Crippen molar-refractivity contribution in [3.63, 3.8) is 0 Å². The highest BCUT2D eigenvalue weighted by Gasteiger charge is 2.11. The summed E-state index contributed by atoms with van der Waals surface area (Å²) < 4.78 is 0. The zero-order valence-corrected chi connectivity index (χ0v) is 12.1. The first-order chi connectivity index (χ1) is 8.90. The van der Waals surface area contributed by atoms with Crippen molar-refractivity contribution >= 4 is 17.7 Å². The van der Waals surface area contributed by atoms with E-state index in [0.29, 0.717) is 12.0 Å². The molecule has 1 rings (SSSR count). The molecule has 0 saturated carbocycles. The van der Waals surface area contributed by atoms with Crippen LogP contribution in [0, 0.1) is 5.92 Å². The monoisotopic (exact) mass is 261 g/mol. The first-order valence-electron chi connectivity index (χ1n) is 6.64. The van der Waals surface area contributed by atoms with E-state index in [1.807, 2.05) is 24.3 Å². The number of benzene rings is 1. The Morgan fingerprint density at radius 2 is 1.84 bits per heavy atom. The van der Waals surface area contributed by atoms with Gasteiger partial charge in [0.05, 0.1) is 0 Å². The molecule has 0 aliphatic carbocycles. The fraction of sp³-hybridized carbons (Fsp3) is 0.438. The van der Waals surface area contributed by atoms with E-state index in [4.69, 9.17) is 5.11 Å². The van der Waals surface area contributed by atoms with Crippen molar-refractivity contribution in [2.45, 2.75) is 33.2 Å². The number of carboxylic acid groups (broad SMARTS) is 1. The van der Waals surface area contributed by atoms with Crippen LogP contribution >= 0.6 is 0 Å². The molecule has 0 spiro atoms. The minimum absolute atomic E-state index is 0.486. The molecule has 1 aromatic carbocycles. The third-order valence-corrected chi connectivity index (χ3v) is 3.19. The predicted molar refractivity (Wildman–Crippen MR) is 80.4 cm³/mol. The number of hydrogen-bond acceptors (Lipinski definition) is 2. The van der Waals surface area contributed by atoms with Crippen molar-refractivity contribution in [1.29, 1.82) is 0 Å². The standard InChI is InChI=1S/C16H23NO2/c1-12(2)11-13(3)17(4)15-8-5-14(6-9-15)7-10-16(18)19/h5-10,12-13H,11H2,1-4H3,(H,18,19). The van der Waals surface area contributed by atoms with Gasteiger partial charge in [-0.1, -0.05) is 26.0 Å². The molecule has 0 fully saturated rings. The summed E-state index contributed by atoms with van der Waals surface area (Å²) in [5.41, 5.74) is 2.05. The van der Waals surface area contributed by atoms with Gasteiger partial charge in [-0.15, -0.1) is 0 Å². The minimum Gasteiger partial charge on any atom is -0.478 e. The zero-order valence-electron chi connectivity index (χ0n) is 12.1. The van der Waals surface area contributed by atoms with Crippen LogP contribution in [0.3, 0.4) is 0 Å². The Bertz CT molecular complexity index is 435. The van der Waals surface area contributed by atoms with Crippen molar-refractivity contribution in [2.75, 3.05) is 11.9 Å². The van der Waals surface area contributed by atoms with Crippen molar-refractivity contribution in [1.82, 2.24) is 0 Å². The van der Waals surface area contributed by atoms with Gasteiger partial charge < -0.3 is 10.0 Å². The summed E-state index contributed by atoms with van der Waals surface area (Å²) in [6, 6.07) is 8.41. The predicted octanol–water partition coefficient (Wildman–Crippen LogP) is 3.66. The van der Waals surface area contributed by atoms with E-state index in [1.54, 1.807) is 6.08 Å². The summed E-state index contributed by atoms with van der Waals surface area (Å²) >= 11 is 0. The lowest BCUT2D eigenvalue weighted by Gasteiger charge is -2.28. The van der Waals surface area contributed by atoms with Gasteiger partial charge in [0.1, 0.15) is 0 Å². The van der Waals surface area contributed by atoms with Crippen LogP contribution in [0.4, 0.5) is 5.69 Å². The van der Waals surface area contributed by atoms with Gasteiger partial charge in [0, 0.05) is 24.9 Å². The van der Waals surface area contributed by atoms with Crippen LogP contribution in [0.2, 0.25) is 0 Å². The molecular weight excluding hydrogens is 238 g/mol. The molecule has 0 saturated heterocycles. The van der Waals surface area contributed by atoms with Gasteiger partial charge in [0.2, 0.25) is 0 Å². The molecule has 1 unspecified atom stereocenters. The molecule has 0 aliphatic heterocycles. The Hall–Kier alpha value is -1.77. The van der Waals surface area contributed by atoms with Crippen LogP contribution in [0.25, 0.3) is 6.08 Å². The van der Waals surface area contributed by atoms with Gasteiger partial charge in [-0.3, -0.25) is 0 Å². The molecule has 3 nitrogen and oxygen atoms in total. The van der Waals surface area contributed by atoms with Gasteiger partial charge in [-0.05, 0) is 43.0 Å². The number of rotatable bonds is 6. The SMILES string of the molecule is CC(C)CC(C)N(C)c1ccc(C=CC(=O)O)cc1. The number of nitrogens with zero attached hydrogens (tertiary/aromatic N) is 1. The molecule has 104 valence electrons. The molecule has 0 aliphatic rings. The smallest absolute Gasteiger partial charge is 0.328 e. The highest BCUT2D eigenvalue weighted by atomic mass is 16.4. The largest absolute Gasteiger partial charge is 0.478 e. The summed E-state index contributed by atoms with van der Waals surface area (Å²) in [5, 5.41) is 8.58. The maximum absolute atomic E-state index is 10.4. The molecule has 0 bridgehead atoms. The van der Waals surface area contributed by atoms with E-state index < -0.39 is 5.97 Å². The third kappa shape index (κ3) is 5.16. The maximum Gasteiger partial charge on any atom is 0.328 e. The van der Waals surface area contributed by atoms with Gasteiger partial charge in [-0.25, -0.2) is 4.79 Å². The van der Waals surface area contributed by atoms with E-state index in [0.717, 1.165) is 23.7 Å². The van der Waals surface area contributed by atoms with Crippen molar-refractivity contribution < 1.29 is 9.90 Å². The fourth-order valence-corrected chi connectivity index (χ4v) is 2.08. The molecule has 0 radical (unpaired) electrons. The van der Waals surface area contributed by atoms with Gasteiger partial charge in [0.15, 0.2) is 0 Å². The van der Waals surface area contributed by atoms with Crippen LogP contribution in [0.1, 0.15) is 32.8 Å². The Morgan fingerprint density at radius 1 is 1.26 bits per heavy atom. The highest BCUT2D eigenvalue weighted by Crippen LogP contribution is 2.20. The maximum atomic E-state index is 10.4. The molecule has 0 aromatic heterocycles. The normalized spacial score (nSPS) is 12.9. The number of aliphatic carboxylic acids is 1. The van der Waals surface area contributed by atoms with Crippen LogP contribution in [0.15, 0.2) is 30.3 Å². The molecule has 19 heavy (non-hydrogen) atoms. The lowest BCUT2D eigenvalue weighted by Crippen LogP contribution is -2.29. The lowest BCUT2D eigenvalue weighted by molar-refractivity contribution is -0.131. The second-order valence-corrected chi connectivity index (χ2v) is 5.35. The molecule has 1 N–H and O–H groups in total. The Labute approximate surface area is 115 Å². The molecular formula is C16H23NO2. The number of hydrogen-bond donors (Lipinski definition) is 1. The highest BCUT2D eigenvalue weighted by molar-refractivity contribution is 5.85. The number of carbonyl (C=O) groups is 1. The van der Waals surface area contributed by atoms with Crippen molar-refractivity contribution in [3.8, 4) is 0 Å². The molecule has 0 amide bonds. The van der Waals surface area contributed by atoms with Crippen LogP contribution in [0.5, 0.6) is 0 Å². The lowest BCUT2D eigenvalue weighted by atomic mass is 10.0. The van der Waals surface area contributed by atoms with Crippen LogP contribution in [-0.2, 0) is 4.79 Å². The molecule has 1 atom stereocenters.